The molecule has 1 aromatic carbocycles. The first-order chi connectivity index (χ1) is 12.2. The molecule has 0 saturated heterocycles. The van der Waals surface area contributed by atoms with Crippen molar-refractivity contribution in [2.24, 2.45) is 0 Å². The summed E-state index contributed by atoms with van der Waals surface area (Å²) in [5.74, 6) is -0.0324. The third-order valence-corrected chi connectivity index (χ3v) is 4.03. The molecule has 0 aliphatic carbocycles. The molecule has 0 atom stereocenters. The van der Waals surface area contributed by atoms with Crippen molar-refractivity contribution < 1.29 is 14.6 Å². The third kappa shape index (κ3) is 2.55. The monoisotopic (exact) mass is 334 g/mol. The smallest absolute Gasteiger partial charge is 0.354 e. The Balaban J connectivity index is 1.92. The molecule has 3 aromatic heterocycles. The molecule has 7 heteroatoms. The molecule has 0 aliphatic rings. The van der Waals surface area contributed by atoms with Gasteiger partial charge in [-0.25, -0.2) is 14.8 Å². The summed E-state index contributed by atoms with van der Waals surface area (Å²) in [6.07, 6.45) is 6.78. The lowest BCUT2D eigenvalue weighted by Gasteiger charge is -2.06. The fraction of sp³-hybridized carbons (Fsp3) is 0.111. The topological polar surface area (TPSA) is 101 Å². The number of pyridine rings is 1. The summed E-state index contributed by atoms with van der Waals surface area (Å²) in [4.78, 5) is 26.9. The van der Waals surface area contributed by atoms with Gasteiger partial charge in [-0.05, 0) is 30.2 Å². The zero-order chi connectivity index (χ0) is 17.4. The second-order valence-corrected chi connectivity index (χ2v) is 5.51. The quantitative estimate of drug-likeness (QED) is 0.592. The number of aromatic nitrogens is 4. The van der Waals surface area contributed by atoms with Crippen LogP contribution in [0.1, 0.15) is 23.0 Å². The van der Waals surface area contributed by atoms with Gasteiger partial charge in [0.1, 0.15) is 5.75 Å². The maximum Gasteiger partial charge on any atom is 0.354 e. The number of ether oxygens (including phenoxy) is 1. The van der Waals surface area contributed by atoms with Gasteiger partial charge in [0.25, 0.3) is 0 Å². The van der Waals surface area contributed by atoms with Gasteiger partial charge < -0.3 is 14.8 Å². The average molecular weight is 334 g/mol. The van der Waals surface area contributed by atoms with Crippen LogP contribution in [-0.2, 0) is 6.42 Å². The largest absolute Gasteiger partial charge is 0.477 e. The number of nitrogens with one attached hydrogen (secondary N) is 1. The lowest BCUT2D eigenvalue weighted by molar-refractivity contribution is 0.0689. The van der Waals surface area contributed by atoms with Crippen LogP contribution >= 0.6 is 0 Å². The summed E-state index contributed by atoms with van der Waals surface area (Å²) < 4.78 is 5.74. The minimum Gasteiger partial charge on any atom is -0.477 e. The summed E-state index contributed by atoms with van der Waals surface area (Å²) in [5.41, 5.74) is 2.47. The maximum atomic E-state index is 11.5. The van der Waals surface area contributed by atoms with E-state index in [-0.39, 0.29) is 5.69 Å². The Morgan fingerprint density at radius 2 is 2.08 bits per heavy atom. The normalized spacial score (nSPS) is 11.1. The molecule has 2 N–H and O–H groups in total. The fourth-order valence-electron chi connectivity index (χ4n) is 2.99. The van der Waals surface area contributed by atoms with Gasteiger partial charge in [0.05, 0.1) is 17.9 Å². The molecule has 0 radical (unpaired) electrons. The number of nitrogens with zero attached hydrogens (tertiary/aromatic N) is 3. The van der Waals surface area contributed by atoms with E-state index in [1.807, 2.05) is 25.1 Å². The van der Waals surface area contributed by atoms with Crippen LogP contribution in [-0.4, -0.2) is 31.0 Å². The summed E-state index contributed by atoms with van der Waals surface area (Å²) >= 11 is 0. The number of hydrogen-bond acceptors (Lipinski definition) is 5. The number of benzene rings is 1. The van der Waals surface area contributed by atoms with Crippen LogP contribution in [0.4, 0.5) is 0 Å². The molecular weight excluding hydrogens is 320 g/mol. The van der Waals surface area contributed by atoms with Gasteiger partial charge >= 0.3 is 5.97 Å². The molecule has 4 rings (SSSR count). The number of hydrogen-bond donors (Lipinski definition) is 2. The maximum absolute atomic E-state index is 11.5. The van der Waals surface area contributed by atoms with E-state index in [0.29, 0.717) is 23.6 Å². The molecule has 0 spiro atoms. The highest BCUT2D eigenvalue weighted by Gasteiger charge is 2.17. The van der Waals surface area contributed by atoms with Gasteiger partial charge in [-0.1, -0.05) is 6.92 Å². The molecule has 0 fully saturated rings. The van der Waals surface area contributed by atoms with Crippen LogP contribution in [0.2, 0.25) is 0 Å². The van der Waals surface area contributed by atoms with E-state index in [1.54, 1.807) is 18.6 Å². The molecule has 7 nitrogen and oxygen atoms in total. The lowest BCUT2D eigenvalue weighted by Crippen LogP contribution is -2.05. The van der Waals surface area contributed by atoms with E-state index in [0.717, 1.165) is 21.8 Å². The molecule has 0 saturated carbocycles. The number of carbonyl (C=O) groups is 1. The number of H-pyrrole nitrogens is 1. The zero-order valence-corrected chi connectivity index (χ0v) is 13.4. The van der Waals surface area contributed by atoms with Crippen molar-refractivity contribution in [1.82, 2.24) is 19.9 Å². The Kier molecular flexibility index (Phi) is 3.53. The first-order valence-electron chi connectivity index (χ1n) is 7.78. The average Bonchev–Trinajstić information content (AvgIpc) is 2.99. The van der Waals surface area contributed by atoms with Crippen LogP contribution in [0.15, 0.2) is 43.0 Å². The van der Waals surface area contributed by atoms with E-state index >= 15 is 0 Å². The predicted octanol–water partition coefficient (Wildman–Crippen LogP) is 3.56. The Labute approximate surface area is 142 Å². The first-order valence-corrected chi connectivity index (χ1v) is 7.78. The number of carboxylic acid groups (broad SMARTS) is 1. The van der Waals surface area contributed by atoms with E-state index in [4.69, 9.17) is 4.74 Å². The molecule has 0 unspecified atom stereocenters. The Morgan fingerprint density at radius 3 is 2.80 bits per heavy atom. The van der Waals surface area contributed by atoms with Crippen LogP contribution < -0.4 is 4.74 Å². The second-order valence-electron chi connectivity index (χ2n) is 5.51. The molecule has 124 valence electrons. The van der Waals surface area contributed by atoms with Gasteiger partial charge in [0.15, 0.2) is 5.69 Å². The fourth-order valence-corrected chi connectivity index (χ4v) is 2.99. The minimum absolute atomic E-state index is 0.0798. The van der Waals surface area contributed by atoms with Gasteiger partial charge in [-0.3, -0.25) is 4.98 Å². The Hall–Kier alpha value is -3.48. The number of aromatic carboxylic acids is 1. The second kappa shape index (κ2) is 5.86. The molecule has 4 aromatic rings. The van der Waals surface area contributed by atoms with Crippen molar-refractivity contribution >= 4 is 27.8 Å². The molecule has 3 heterocycles. The van der Waals surface area contributed by atoms with Crippen molar-refractivity contribution in [1.29, 1.82) is 0 Å². The third-order valence-electron chi connectivity index (χ3n) is 4.03. The van der Waals surface area contributed by atoms with Crippen molar-refractivity contribution in [2.45, 2.75) is 13.3 Å². The van der Waals surface area contributed by atoms with Crippen molar-refractivity contribution in [3.05, 3.63) is 54.2 Å². The van der Waals surface area contributed by atoms with E-state index in [1.165, 1.54) is 6.20 Å². The molecular formula is C18H14N4O3. The Bertz CT molecular complexity index is 1090. The van der Waals surface area contributed by atoms with E-state index in [2.05, 4.69) is 19.9 Å². The molecule has 0 bridgehead atoms. The Morgan fingerprint density at radius 1 is 1.20 bits per heavy atom. The lowest BCUT2D eigenvalue weighted by atomic mass is 10.0. The molecule has 25 heavy (non-hydrogen) atoms. The van der Waals surface area contributed by atoms with Crippen LogP contribution in [0.25, 0.3) is 21.8 Å². The van der Waals surface area contributed by atoms with Gasteiger partial charge in [-0.2, -0.15) is 0 Å². The zero-order valence-electron chi connectivity index (χ0n) is 13.4. The highest BCUT2D eigenvalue weighted by Crippen LogP contribution is 2.33. The number of carboxylic acids is 1. The van der Waals surface area contributed by atoms with Gasteiger partial charge in [-0.15, -0.1) is 0 Å². The highest BCUT2D eigenvalue weighted by atomic mass is 16.5. The number of rotatable bonds is 4. The summed E-state index contributed by atoms with van der Waals surface area (Å²) in [7, 11) is 0. The van der Waals surface area contributed by atoms with Crippen LogP contribution in [0, 0.1) is 0 Å². The predicted molar refractivity (Wildman–Crippen MR) is 92.0 cm³/mol. The SMILES string of the molecule is CCc1c(C(=O)O)ncc2[nH]c3ccc(Oc4cnccn4)cc3c12. The molecule has 0 amide bonds. The van der Waals surface area contributed by atoms with Crippen LogP contribution in [0.5, 0.6) is 11.6 Å². The van der Waals surface area contributed by atoms with E-state index in [9.17, 15) is 9.90 Å². The van der Waals surface area contributed by atoms with Crippen molar-refractivity contribution in [3.63, 3.8) is 0 Å². The highest BCUT2D eigenvalue weighted by molar-refractivity contribution is 6.11. The summed E-state index contributed by atoms with van der Waals surface area (Å²) in [6.45, 7) is 1.92. The minimum atomic E-state index is -1.03. The van der Waals surface area contributed by atoms with Crippen molar-refractivity contribution in [3.8, 4) is 11.6 Å². The summed E-state index contributed by atoms with van der Waals surface area (Å²) in [5, 5.41) is 11.1. The van der Waals surface area contributed by atoms with Crippen LogP contribution in [0.3, 0.4) is 0 Å². The standard InChI is InChI=1S/C18H14N4O3/c1-2-11-16-12-7-10(25-15-9-19-5-6-20-15)3-4-13(12)22-14(16)8-21-17(11)18(23)24/h3-9,22H,2H2,1H3,(H,23,24). The number of fused-ring (bicyclic) bond motifs is 3. The molecule has 0 aliphatic heterocycles. The number of aromatic amines is 1. The summed E-state index contributed by atoms with van der Waals surface area (Å²) in [6, 6.07) is 5.58. The van der Waals surface area contributed by atoms with Crippen molar-refractivity contribution in [2.75, 3.05) is 0 Å². The van der Waals surface area contributed by atoms with Gasteiger partial charge in [0, 0.05) is 28.7 Å². The van der Waals surface area contributed by atoms with Gasteiger partial charge in [0.2, 0.25) is 5.88 Å². The number of aryl methyl sites for hydroxylation is 1. The van der Waals surface area contributed by atoms with E-state index < -0.39 is 5.97 Å². The first kappa shape index (κ1) is 15.1.